The molecule has 1 aliphatic heterocycles. The van der Waals surface area contributed by atoms with Crippen molar-refractivity contribution in [2.75, 3.05) is 4.90 Å². The second kappa shape index (κ2) is 8.23. The zero-order valence-corrected chi connectivity index (χ0v) is 17.5. The molecule has 0 radical (unpaired) electrons. The summed E-state index contributed by atoms with van der Waals surface area (Å²) < 4.78 is 11.5. The first-order valence-electron chi connectivity index (χ1n) is 9.00. The topological polar surface area (TPSA) is 55.6 Å². The Balaban J connectivity index is 1.46. The molecule has 1 aliphatic rings. The molecule has 1 aromatic heterocycles. The maximum Gasteiger partial charge on any atom is 0.270 e. The number of aryl methyl sites for hydroxylation is 2. The summed E-state index contributed by atoms with van der Waals surface area (Å²) in [4.78, 5) is 15.0. The first kappa shape index (κ1) is 19.4. The summed E-state index contributed by atoms with van der Waals surface area (Å²) in [5.41, 5.74) is 3.47. The quantitative estimate of drug-likeness (QED) is 0.412. The van der Waals surface area contributed by atoms with Crippen molar-refractivity contribution in [2.45, 2.75) is 20.5 Å². The van der Waals surface area contributed by atoms with Crippen molar-refractivity contribution in [1.82, 2.24) is 5.16 Å². The number of hydrogen-bond donors (Lipinski definition) is 0. The first-order chi connectivity index (χ1) is 14.0. The second-order valence-electron chi connectivity index (χ2n) is 6.51. The van der Waals surface area contributed by atoms with Gasteiger partial charge in [-0.15, -0.1) is 0 Å². The van der Waals surface area contributed by atoms with Crippen LogP contribution in [0.3, 0.4) is 0 Å². The number of thiocarbonyl (C=S) groups is 1. The van der Waals surface area contributed by atoms with Gasteiger partial charge in [0.15, 0.2) is 4.32 Å². The predicted molar refractivity (Wildman–Crippen MR) is 119 cm³/mol. The molecule has 4 rings (SSSR count). The molecule has 5 nitrogen and oxygen atoms in total. The van der Waals surface area contributed by atoms with Crippen molar-refractivity contribution < 1.29 is 14.1 Å². The van der Waals surface area contributed by atoms with Crippen LogP contribution in [0.1, 0.15) is 22.6 Å². The Morgan fingerprint density at radius 2 is 1.86 bits per heavy atom. The van der Waals surface area contributed by atoms with Gasteiger partial charge in [0.2, 0.25) is 0 Å². The Hall–Kier alpha value is -2.90. The molecule has 2 aromatic carbocycles. The minimum absolute atomic E-state index is 0.107. The van der Waals surface area contributed by atoms with Crippen molar-refractivity contribution in [3.8, 4) is 5.75 Å². The molecule has 1 fully saturated rings. The number of aromatic nitrogens is 1. The molecule has 2 heterocycles. The van der Waals surface area contributed by atoms with Gasteiger partial charge in [0, 0.05) is 0 Å². The summed E-state index contributed by atoms with van der Waals surface area (Å²) in [5.74, 6) is 1.39. The molecule has 1 amide bonds. The van der Waals surface area contributed by atoms with Crippen LogP contribution in [-0.2, 0) is 11.4 Å². The highest BCUT2D eigenvalue weighted by molar-refractivity contribution is 8.27. The normalized spacial score (nSPS) is 15.4. The Bertz CT molecular complexity index is 1070. The van der Waals surface area contributed by atoms with Crippen LogP contribution in [0.25, 0.3) is 6.08 Å². The largest absolute Gasteiger partial charge is 0.489 e. The molecule has 0 spiro atoms. The smallest absolute Gasteiger partial charge is 0.270 e. The number of para-hydroxylation sites is 1. The van der Waals surface area contributed by atoms with Gasteiger partial charge in [-0.1, -0.05) is 59.5 Å². The van der Waals surface area contributed by atoms with Gasteiger partial charge in [0.25, 0.3) is 5.91 Å². The van der Waals surface area contributed by atoms with E-state index in [1.54, 1.807) is 4.90 Å². The molecule has 3 aromatic rings. The molecule has 0 N–H and O–H groups in total. The number of amides is 1. The molecule has 29 heavy (non-hydrogen) atoms. The molecule has 0 bridgehead atoms. The standard InChI is InChI=1S/C22H18N2O3S2/c1-14-19(15(2)27-23-14)13-26-18-10-8-16(9-11-18)12-20-21(25)24(22(28)29-20)17-6-4-3-5-7-17/h3-12H,13H2,1-2H3/b20-12-. The molecule has 7 heteroatoms. The van der Waals surface area contributed by atoms with E-state index in [2.05, 4.69) is 5.16 Å². The highest BCUT2D eigenvalue weighted by Crippen LogP contribution is 2.36. The highest BCUT2D eigenvalue weighted by Gasteiger charge is 2.33. The molecule has 1 saturated heterocycles. The fraction of sp³-hybridized carbons (Fsp3) is 0.136. The van der Waals surface area contributed by atoms with Crippen LogP contribution in [0.4, 0.5) is 5.69 Å². The second-order valence-corrected chi connectivity index (χ2v) is 8.19. The van der Waals surface area contributed by atoms with Gasteiger partial charge in [0.05, 0.1) is 21.8 Å². The van der Waals surface area contributed by atoms with Crippen molar-refractivity contribution in [1.29, 1.82) is 0 Å². The third-order valence-electron chi connectivity index (χ3n) is 4.55. The van der Waals surface area contributed by atoms with E-state index >= 15 is 0 Å². The van der Waals surface area contributed by atoms with Gasteiger partial charge in [-0.3, -0.25) is 9.69 Å². The number of carbonyl (C=O) groups is 1. The van der Waals surface area contributed by atoms with Gasteiger partial charge in [-0.05, 0) is 49.8 Å². The van der Waals surface area contributed by atoms with Gasteiger partial charge in [-0.2, -0.15) is 0 Å². The van der Waals surface area contributed by atoms with Crippen LogP contribution in [0.5, 0.6) is 5.75 Å². The first-order valence-corrected chi connectivity index (χ1v) is 10.2. The average Bonchev–Trinajstić information content (AvgIpc) is 3.19. The number of benzene rings is 2. The van der Waals surface area contributed by atoms with Crippen LogP contribution in [0, 0.1) is 13.8 Å². The van der Waals surface area contributed by atoms with E-state index in [0.29, 0.717) is 15.8 Å². The van der Waals surface area contributed by atoms with Crippen LogP contribution < -0.4 is 9.64 Å². The lowest BCUT2D eigenvalue weighted by atomic mass is 10.2. The molecule has 0 unspecified atom stereocenters. The fourth-order valence-electron chi connectivity index (χ4n) is 2.94. The Kier molecular flexibility index (Phi) is 5.51. The number of hydrogen-bond acceptors (Lipinski definition) is 6. The average molecular weight is 423 g/mol. The van der Waals surface area contributed by atoms with Gasteiger partial charge < -0.3 is 9.26 Å². The third-order valence-corrected chi connectivity index (χ3v) is 5.85. The highest BCUT2D eigenvalue weighted by atomic mass is 32.2. The van der Waals surface area contributed by atoms with E-state index in [9.17, 15) is 4.79 Å². The minimum Gasteiger partial charge on any atom is -0.489 e. The predicted octanol–water partition coefficient (Wildman–Crippen LogP) is 5.28. The number of anilines is 1. The zero-order valence-electron chi connectivity index (χ0n) is 15.9. The van der Waals surface area contributed by atoms with Crippen LogP contribution in [0.2, 0.25) is 0 Å². The summed E-state index contributed by atoms with van der Waals surface area (Å²) in [6.45, 7) is 4.16. The van der Waals surface area contributed by atoms with Crippen molar-refractivity contribution in [2.24, 2.45) is 0 Å². The summed E-state index contributed by atoms with van der Waals surface area (Å²) in [5, 5.41) is 3.93. The Morgan fingerprint density at radius 1 is 1.14 bits per heavy atom. The Morgan fingerprint density at radius 3 is 2.52 bits per heavy atom. The lowest BCUT2D eigenvalue weighted by Gasteiger charge is -2.13. The van der Waals surface area contributed by atoms with Gasteiger partial charge in [-0.25, -0.2) is 0 Å². The number of carbonyl (C=O) groups excluding carboxylic acids is 1. The molecule has 0 aliphatic carbocycles. The summed E-state index contributed by atoms with van der Waals surface area (Å²) >= 11 is 6.71. The molecular weight excluding hydrogens is 404 g/mol. The monoisotopic (exact) mass is 422 g/mol. The van der Waals surface area contributed by atoms with E-state index in [0.717, 1.165) is 34.0 Å². The number of thioether (sulfide) groups is 1. The third kappa shape index (κ3) is 4.11. The van der Waals surface area contributed by atoms with Crippen LogP contribution >= 0.6 is 24.0 Å². The summed E-state index contributed by atoms with van der Waals surface area (Å²) in [6, 6.07) is 17.0. The fourth-order valence-corrected chi connectivity index (χ4v) is 4.24. The number of ether oxygens (including phenoxy) is 1. The van der Waals surface area contributed by atoms with E-state index in [-0.39, 0.29) is 5.91 Å². The van der Waals surface area contributed by atoms with E-state index in [4.69, 9.17) is 21.5 Å². The van der Waals surface area contributed by atoms with E-state index in [1.165, 1.54) is 11.8 Å². The zero-order chi connectivity index (χ0) is 20.4. The number of nitrogens with zero attached hydrogens (tertiary/aromatic N) is 2. The van der Waals surface area contributed by atoms with Crippen LogP contribution in [-0.4, -0.2) is 15.4 Å². The lowest BCUT2D eigenvalue weighted by Crippen LogP contribution is -2.27. The van der Waals surface area contributed by atoms with Crippen LogP contribution in [0.15, 0.2) is 64.0 Å². The molecular formula is C22H18N2O3S2. The molecule has 0 saturated carbocycles. The number of rotatable bonds is 5. The minimum atomic E-state index is -0.107. The Labute approximate surface area is 178 Å². The molecule has 146 valence electrons. The van der Waals surface area contributed by atoms with E-state index < -0.39 is 0 Å². The maximum atomic E-state index is 12.8. The molecule has 0 atom stereocenters. The van der Waals surface area contributed by atoms with Crippen molar-refractivity contribution in [3.05, 3.63) is 82.1 Å². The van der Waals surface area contributed by atoms with Gasteiger partial charge in [0.1, 0.15) is 18.1 Å². The van der Waals surface area contributed by atoms with Gasteiger partial charge >= 0.3 is 0 Å². The van der Waals surface area contributed by atoms with Crippen molar-refractivity contribution >= 4 is 46.0 Å². The van der Waals surface area contributed by atoms with Crippen molar-refractivity contribution in [3.63, 3.8) is 0 Å². The summed E-state index contributed by atoms with van der Waals surface area (Å²) in [7, 11) is 0. The lowest BCUT2D eigenvalue weighted by molar-refractivity contribution is -0.113. The van der Waals surface area contributed by atoms with E-state index in [1.807, 2.05) is 74.5 Å². The maximum absolute atomic E-state index is 12.8. The SMILES string of the molecule is Cc1noc(C)c1COc1ccc(/C=C2\SC(=S)N(c3ccccc3)C2=O)cc1. The summed E-state index contributed by atoms with van der Waals surface area (Å²) in [6.07, 6.45) is 1.85.